The van der Waals surface area contributed by atoms with Gasteiger partial charge in [-0.3, -0.25) is 4.98 Å². The van der Waals surface area contributed by atoms with Crippen molar-refractivity contribution in [2.75, 3.05) is 6.54 Å². The van der Waals surface area contributed by atoms with Crippen LogP contribution in [0.25, 0.3) is 0 Å². The molecule has 0 bridgehead atoms. The number of imidazole rings is 1. The van der Waals surface area contributed by atoms with Gasteiger partial charge in [0.2, 0.25) is 0 Å². The maximum absolute atomic E-state index is 13.8. The molecule has 0 aliphatic heterocycles. The van der Waals surface area contributed by atoms with Gasteiger partial charge in [-0.1, -0.05) is 6.92 Å². The van der Waals surface area contributed by atoms with Crippen molar-refractivity contribution in [3.05, 3.63) is 48.1 Å². The van der Waals surface area contributed by atoms with Crippen molar-refractivity contribution in [1.82, 2.24) is 19.9 Å². The van der Waals surface area contributed by atoms with Crippen LogP contribution in [0.1, 0.15) is 31.3 Å². The largest absolute Gasteiger partial charge is 0.335 e. The molecule has 2 aromatic heterocycles. The summed E-state index contributed by atoms with van der Waals surface area (Å²) < 4.78 is 15.9. The van der Waals surface area contributed by atoms with Crippen LogP contribution in [0.15, 0.2) is 30.9 Å². The molecule has 0 aliphatic rings. The molecular formula is C14H19FN4. The number of halogens is 1. The number of hydrogen-bond acceptors (Lipinski definition) is 3. The van der Waals surface area contributed by atoms with E-state index in [0.29, 0.717) is 12.0 Å². The molecule has 0 spiro atoms. The molecule has 2 aromatic rings. The lowest BCUT2D eigenvalue weighted by molar-refractivity contribution is 0.490. The first kappa shape index (κ1) is 13.7. The Kier molecular flexibility index (Phi) is 4.63. The van der Waals surface area contributed by atoms with Crippen LogP contribution in [0.4, 0.5) is 4.39 Å². The normalized spacial score (nSPS) is 12.6. The van der Waals surface area contributed by atoms with Crippen molar-refractivity contribution in [1.29, 1.82) is 0 Å². The molecule has 1 N–H and O–H groups in total. The number of rotatable bonds is 6. The predicted molar refractivity (Wildman–Crippen MR) is 72.2 cm³/mol. The van der Waals surface area contributed by atoms with Crippen LogP contribution in [0.3, 0.4) is 0 Å². The molecule has 102 valence electrons. The van der Waals surface area contributed by atoms with Crippen molar-refractivity contribution >= 4 is 0 Å². The summed E-state index contributed by atoms with van der Waals surface area (Å²) in [4.78, 5) is 8.14. The van der Waals surface area contributed by atoms with Gasteiger partial charge in [0, 0.05) is 43.2 Å². The third kappa shape index (κ3) is 3.17. The van der Waals surface area contributed by atoms with E-state index >= 15 is 0 Å². The predicted octanol–water partition coefficient (Wildman–Crippen LogP) is 2.33. The Morgan fingerprint density at radius 2 is 2.21 bits per heavy atom. The summed E-state index contributed by atoms with van der Waals surface area (Å²) in [6.45, 7) is 5.73. The van der Waals surface area contributed by atoms with Crippen molar-refractivity contribution < 1.29 is 4.39 Å². The maximum Gasteiger partial charge on any atom is 0.146 e. The molecule has 0 saturated heterocycles. The lowest BCUT2D eigenvalue weighted by atomic mass is 10.0. The minimum Gasteiger partial charge on any atom is -0.335 e. The van der Waals surface area contributed by atoms with Crippen LogP contribution < -0.4 is 5.32 Å². The quantitative estimate of drug-likeness (QED) is 0.869. The molecule has 0 amide bonds. The zero-order chi connectivity index (χ0) is 13.7. The van der Waals surface area contributed by atoms with Gasteiger partial charge < -0.3 is 9.88 Å². The van der Waals surface area contributed by atoms with Gasteiger partial charge in [-0.15, -0.1) is 0 Å². The monoisotopic (exact) mass is 262 g/mol. The number of likely N-dealkylation sites (N-methyl/N-ethyl adjacent to an activating group) is 1. The Morgan fingerprint density at radius 1 is 1.37 bits per heavy atom. The summed E-state index contributed by atoms with van der Waals surface area (Å²) in [5.74, 6) is 0.688. The first-order valence-electron chi connectivity index (χ1n) is 6.59. The number of aryl methyl sites for hydroxylation is 1. The summed E-state index contributed by atoms with van der Waals surface area (Å²) in [7, 11) is 0. The summed E-state index contributed by atoms with van der Waals surface area (Å²) in [6, 6.07) is 1.64. The highest BCUT2D eigenvalue weighted by molar-refractivity contribution is 5.19. The van der Waals surface area contributed by atoms with Gasteiger partial charge in [-0.25, -0.2) is 9.37 Å². The molecule has 19 heavy (non-hydrogen) atoms. The van der Waals surface area contributed by atoms with Crippen LogP contribution in [-0.2, 0) is 13.0 Å². The SMILES string of the molecule is CCNC(Cc1nccn1CC)c1ccncc1F. The molecule has 0 radical (unpaired) electrons. The van der Waals surface area contributed by atoms with Crippen LogP contribution in [-0.4, -0.2) is 21.1 Å². The van der Waals surface area contributed by atoms with Crippen molar-refractivity contribution in [3.63, 3.8) is 0 Å². The molecule has 5 heteroatoms. The molecule has 4 nitrogen and oxygen atoms in total. The molecule has 1 atom stereocenters. The highest BCUT2D eigenvalue weighted by atomic mass is 19.1. The van der Waals surface area contributed by atoms with E-state index in [1.807, 2.05) is 13.1 Å². The summed E-state index contributed by atoms with van der Waals surface area (Å²) >= 11 is 0. The molecule has 2 heterocycles. The van der Waals surface area contributed by atoms with Gasteiger partial charge in [0.05, 0.1) is 6.20 Å². The maximum atomic E-state index is 13.8. The Labute approximate surface area is 112 Å². The zero-order valence-corrected chi connectivity index (χ0v) is 11.3. The number of hydrogen-bond donors (Lipinski definition) is 1. The molecule has 0 saturated carbocycles. The van der Waals surface area contributed by atoms with E-state index in [1.165, 1.54) is 6.20 Å². The average Bonchev–Trinajstić information content (AvgIpc) is 2.86. The van der Waals surface area contributed by atoms with E-state index in [9.17, 15) is 4.39 Å². The van der Waals surface area contributed by atoms with E-state index in [1.54, 1.807) is 18.5 Å². The van der Waals surface area contributed by atoms with Crippen molar-refractivity contribution in [2.24, 2.45) is 0 Å². The summed E-state index contributed by atoms with van der Waals surface area (Å²) in [5, 5.41) is 3.31. The van der Waals surface area contributed by atoms with Gasteiger partial charge in [0.15, 0.2) is 0 Å². The Morgan fingerprint density at radius 3 is 2.89 bits per heavy atom. The third-order valence-electron chi connectivity index (χ3n) is 3.16. The minimum absolute atomic E-state index is 0.0827. The van der Waals surface area contributed by atoms with Crippen molar-refractivity contribution in [2.45, 2.75) is 32.9 Å². The number of pyridine rings is 1. The Balaban J connectivity index is 2.24. The number of nitrogens with zero attached hydrogens (tertiary/aromatic N) is 3. The second kappa shape index (κ2) is 6.43. The van der Waals surface area contributed by atoms with E-state index in [-0.39, 0.29) is 11.9 Å². The zero-order valence-electron chi connectivity index (χ0n) is 11.3. The van der Waals surface area contributed by atoms with Gasteiger partial charge in [-0.05, 0) is 19.5 Å². The van der Waals surface area contributed by atoms with Gasteiger partial charge in [0.25, 0.3) is 0 Å². The first-order chi connectivity index (χ1) is 9.26. The van der Waals surface area contributed by atoms with Crippen molar-refractivity contribution in [3.8, 4) is 0 Å². The smallest absolute Gasteiger partial charge is 0.146 e. The molecule has 0 aliphatic carbocycles. The second-order valence-electron chi connectivity index (χ2n) is 4.34. The number of aromatic nitrogens is 3. The van der Waals surface area contributed by atoms with E-state index < -0.39 is 0 Å². The molecular weight excluding hydrogens is 243 g/mol. The fourth-order valence-corrected chi connectivity index (χ4v) is 2.21. The van der Waals surface area contributed by atoms with Crippen LogP contribution in [0.2, 0.25) is 0 Å². The van der Waals surface area contributed by atoms with E-state index in [0.717, 1.165) is 18.9 Å². The van der Waals surface area contributed by atoms with Crippen LogP contribution in [0.5, 0.6) is 0 Å². The van der Waals surface area contributed by atoms with Gasteiger partial charge >= 0.3 is 0 Å². The van der Waals surface area contributed by atoms with Crippen LogP contribution >= 0.6 is 0 Å². The Hall–Kier alpha value is -1.75. The Bertz CT molecular complexity index is 524. The van der Waals surface area contributed by atoms with Gasteiger partial charge in [0.1, 0.15) is 11.6 Å². The van der Waals surface area contributed by atoms with E-state index in [4.69, 9.17) is 0 Å². The average molecular weight is 262 g/mol. The summed E-state index contributed by atoms with van der Waals surface area (Å²) in [6.07, 6.45) is 7.27. The van der Waals surface area contributed by atoms with Crippen LogP contribution in [0, 0.1) is 5.82 Å². The lowest BCUT2D eigenvalue weighted by Crippen LogP contribution is -2.25. The first-order valence-corrected chi connectivity index (χ1v) is 6.59. The van der Waals surface area contributed by atoms with E-state index in [2.05, 4.69) is 26.8 Å². The fraction of sp³-hybridized carbons (Fsp3) is 0.429. The molecule has 2 rings (SSSR count). The molecule has 0 fully saturated rings. The highest BCUT2D eigenvalue weighted by Gasteiger charge is 2.17. The molecule has 0 aromatic carbocycles. The standard InChI is InChI=1S/C14H19FN4/c1-3-17-13(11-5-6-16-10-12(11)15)9-14-18-7-8-19(14)4-2/h5-8,10,13,17H,3-4,9H2,1-2H3. The second-order valence-corrected chi connectivity index (χ2v) is 4.34. The number of nitrogens with one attached hydrogen (secondary N) is 1. The topological polar surface area (TPSA) is 42.7 Å². The molecule has 1 unspecified atom stereocenters. The fourth-order valence-electron chi connectivity index (χ4n) is 2.21. The third-order valence-corrected chi connectivity index (χ3v) is 3.16. The van der Waals surface area contributed by atoms with Gasteiger partial charge in [-0.2, -0.15) is 0 Å². The minimum atomic E-state index is -0.275. The highest BCUT2D eigenvalue weighted by Crippen LogP contribution is 2.20. The lowest BCUT2D eigenvalue weighted by Gasteiger charge is -2.19. The summed E-state index contributed by atoms with van der Waals surface area (Å²) in [5.41, 5.74) is 0.641.